The number of carbonyl (C=O) groups is 3. The second-order valence-corrected chi connectivity index (χ2v) is 7.45. The van der Waals surface area contributed by atoms with Gasteiger partial charge in [-0.3, -0.25) is 14.4 Å². The largest absolute Gasteiger partial charge is 0.327 e. The maximum absolute atomic E-state index is 13.2. The smallest absolute Gasteiger partial charge is 0.256 e. The predicted molar refractivity (Wildman–Crippen MR) is 107 cm³/mol. The Kier molecular flexibility index (Phi) is 4.63. The highest BCUT2D eigenvalue weighted by Crippen LogP contribution is 2.32. The number of rotatable bonds is 3. The van der Waals surface area contributed by atoms with Crippen LogP contribution in [0.15, 0.2) is 42.5 Å². The van der Waals surface area contributed by atoms with E-state index in [4.69, 9.17) is 0 Å². The molecule has 3 amide bonds. The molecule has 0 saturated carbocycles. The third-order valence-electron chi connectivity index (χ3n) is 5.58. The van der Waals surface area contributed by atoms with Crippen molar-refractivity contribution in [2.75, 3.05) is 23.3 Å². The van der Waals surface area contributed by atoms with Gasteiger partial charge in [0.2, 0.25) is 11.8 Å². The van der Waals surface area contributed by atoms with Crippen LogP contribution in [0, 0.1) is 13.8 Å². The van der Waals surface area contributed by atoms with Gasteiger partial charge in [0, 0.05) is 12.2 Å². The lowest BCUT2D eigenvalue weighted by Crippen LogP contribution is -2.47. The summed E-state index contributed by atoms with van der Waals surface area (Å²) in [6, 6.07) is 12.2. The molecule has 0 spiro atoms. The molecular formula is C22H23N3O3. The second kappa shape index (κ2) is 7.11. The molecule has 0 aliphatic carbocycles. The zero-order valence-electron chi connectivity index (χ0n) is 16.1. The van der Waals surface area contributed by atoms with Gasteiger partial charge in [0.25, 0.3) is 5.91 Å². The fraction of sp³-hybridized carbons (Fsp3) is 0.318. The van der Waals surface area contributed by atoms with E-state index in [1.54, 1.807) is 29.2 Å². The Morgan fingerprint density at radius 2 is 1.89 bits per heavy atom. The molecule has 0 unspecified atom stereocenters. The van der Waals surface area contributed by atoms with Crippen molar-refractivity contribution in [1.82, 2.24) is 4.90 Å². The highest BCUT2D eigenvalue weighted by Gasteiger charge is 2.42. The van der Waals surface area contributed by atoms with E-state index < -0.39 is 6.04 Å². The Morgan fingerprint density at radius 1 is 1.11 bits per heavy atom. The van der Waals surface area contributed by atoms with E-state index in [9.17, 15) is 14.4 Å². The quantitative estimate of drug-likeness (QED) is 0.894. The Morgan fingerprint density at radius 3 is 2.68 bits per heavy atom. The zero-order valence-corrected chi connectivity index (χ0v) is 16.1. The summed E-state index contributed by atoms with van der Waals surface area (Å²) in [7, 11) is 0. The minimum absolute atomic E-state index is 0.125. The minimum Gasteiger partial charge on any atom is -0.327 e. The van der Waals surface area contributed by atoms with Gasteiger partial charge in [-0.25, -0.2) is 0 Å². The Hall–Kier alpha value is -3.15. The first-order chi connectivity index (χ1) is 13.5. The summed E-state index contributed by atoms with van der Waals surface area (Å²) < 4.78 is 0. The van der Waals surface area contributed by atoms with E-state index in [0.29, 0.717) is 29.9 Å². The van der Waals surface area contributed by atoms with Crippen molar-refractivity contribution in [2.24, 2.45) is 0 Å². The Bertz CT molecular complexity index is 969. The number of para-hydroxylation sites is 1. The van der Waals surface area contributed by atoms with Crippen molar-refractivity contribution in [1.29, 1.82) is 0 Å². The van der Waals surface area contributed by atoms with Crippen LogP contribution < -0.4 is 10.2 Å². The lowest BCUT2D eigenvalue weighted by atomic mass is 10.1. The number of hydrogen-bond donors (Lipinski definition) is 1. The molecule has 6 nitrogen and oxygen atoms in total. The zero-order chi connectivity index (χ0) is 19.8. The lowest BCUT2D eigenvalue weighted by Gasteiger charge is -2.25. The molecule has 1 fully saturated rings. The third-order valence-corrected chi connectivity index (χ3v) is 5.58. The average Bonchev–Trinajstić information content (AvgIpc) is 3.15. The highest BCUT2D eigenvalue weighted by atomic mass is 16.2. The molecule has 0 aromatic heterocycles. The van der Waals surface area contributed by atoms with Crippen LogP contribution in [-0.2, 0) is 9.59 Å². The minimum atomic E-state index is -0.491. The van der Waals surface area contributed by atoms with Crippen molar-refractivity contribution in [2.45, 2.75) is 32.7 Å². The van der Waals surface area contributed by atoms with Crippen LogP contribution >= 0.6 is 0 Å². The van der Waals surface area contributed by atoms with E-state index in [1.165, 1.54) is 4.90 Å². The van der Waals surface area contributed by atoms with E-state index in [1.807, 2.05) is 32.0 Å². The standard InChI is InChI=1S/C22H23N3O3/c1-14-9-10-16(12-15(14)2)23-20(26)13-25-18-7-4-3-6-17(18)21(27)24-11-5-8-19(24)22(25)28/h3-4,6-7,9-10,12,19H,5,8,11,13H2,1-2H3,(H,23,26)/t19-/m0/s1. The SMILES string of the molecule is Cc1ccc(NC(=O)CN2C(=O)[C@@H]3CCCN3C(=O)c3ccccc32)cc1C. The summed E-state index contributed by atoms with van der Waals surface area (Å²) >= 11 is 0. The van der Waals surface area contributed by atoms with E-state index >= 15 is 0 Å². The van der Waals surface area contributed by atoms with Gasteiger partial charge >= 0.3 is 0 Å². The summed E-state index contributed by atoms with van der Waals surface area (Å²) in [6.07, 6.45) is 1.43. The molecule has 2 aliphatic heterocycles. The molecule has 1 saturated heterocycles. The first kappa shape index (κ1) is 18.2. The maximum Gasteiger partial charge on any atom is 0.256 e. The number of nitrogens with one attached hydrogen (secondary N) is 1. The molecule has 4 rings (SSSR count). The molecule has 0 radical (unpaired) electrons. The van der Waals surface area contributed by atoms with Gasteiger partial charge in [-0.15, -0.1) is 0 Å². The van der Waals surface area contributed by atoms with Gasteiger partial charge in [0.05, 0.1) is 11.3 Å². The van der Waals surface area contributed by atoms with E-state index in [-0.39, 0.29) is 24.3 Å². The Balaban J connectivity index is 1.62. The number of benzene rings is 2. The molecule has 144 valence electrons. The number of anilines is 2. The van der Waals surface area contributed by atoms with Crippen molar-refractivity contribution in [3.63, 3.8) is 0 Å². The van der Waals surface area contributed by atoms with Gasteiger partial charge in [-0.2, -0.15) is 0 Å². The fourth-order valence-corrected chi connectivity index (χ4v) is 3.94. The van der Waals surface area contributed by atoms with Crippen LogP contribution in [-0.4, -0.2) is 41.8 Å². The van der Waals surface area contributed by atoms with Crippen molar-refractivity contribution in [3.05, 3.63) is 59.2 Å². The normalized spacial score (nSPS) is 18.6. The van der Waals surface area contributed by atoms with Gasteiger partial charge in [-0.1, -0.05) is 18.2 Å². The summed E-state index contributed by atoms with van der Waals surface area (Å²) in [5, 5.41) is 2.87. The van der Waals surface area contributed by atoms with Gasteiger partial charge in [0.1, 0.15) is 12.6 Å². The Labute approximate surface area is 164 Å². The lowest BCUT2D eigenvalue weighted by molar-refractivity contribution is -0.124. The average molecular weight is 377 g/mol. The maximum atomic E-state index is 13.2. The van der Waals surface area contributed by atoms with Crippen LogP contribution in [0.3, 0.4) is 0 Å². The molecule has 2 aliphatic rings. The molecule has 2 aromatic carbocycles. The number of aryl methyl sites for hydroxylation is 2. The van der Waals surface area contributed by atoms with Crippen molar-refractivity contribution >= 4 is 29.1 Å². The number of fused-ring (bicyclic) bond motifs is 2. The summed E-state index contributed by atoms with van der Waals surface area (Å²) in [4.78, 5) is 41.9. The van der Waals surface area contributed by atoms with Crippen LogP contribution in [0.1, 0.15) is 34.3 Å². The van der Waals surface area contributed by atoms with E-state index in [2.05, 4.69) is 5.32 Å². The first-order valence-electron chi connectivity index (χ1n) is 9.54. The molecule has 28 heavy (non-hydrogen) atoms. The van der Waals surface area contributed by atoms with Crippen LogP contribution in [0.2, 0.25) is 0 Å². The van der Waals surface area contributed by atoms with Crippen molar-refractivity contribution in [3.8, 4) is 0 Å². The monoisotopic (exact) mass is 377 g/mol. The predicted octanol–water partition coefficient (Wildman–Crippen LogP) is 2.89. The van der Waals surface area contributed by atoms with E-state index in [0.717, 1.165) is 17.5 Å². The number of hydrogen-bond acceptors (Lipinski definition) is 3. The molecule has 2 aromatic rings. The third kappa shape index (κ3) is 3.15. The molecular weight excluding hydrogens is 354 g/mol. The molecule has 0 bridgehead atoms. The highest BCUT2D eigenvalue weighted by molar-refractivity contribution is 6.13. The number of carbonyl (C=O) groups excluding carboxylic acids is 3. The van der Waals surface area contributed by atoms with Gasteiger partial charge in [0.15, 0.2) is 0 Å². The fourth-order valence-electron chi connectivity index (χ4n) is 3.94. The van der Waals surface area contributed by atoms with Crippen molar-refractivity contribution < 1.29 is 14.4 Å². The molecule has 6 heteroatoms. The topological polar surface area (TPSA) is 69.7 Å². The summed E-state index contributed by atoms with van der Waals surface area (Å²) in [5.41, 5.74) is 3.90. The van der Waals surface area contributed by atoms with Crippen LogP contribution in [0.5, 0.6) is 0 Å². The van der Waals surface area contributed by atoms with Crippen LogP contribution in [0.25, 0.3) is 0 Å². The second-order valence-electron chi connectivity index (χ2n) is 7.45. The summed E-state index contributed by atoms with van der Waals surface area (Å²) in [6.45, 7) is 4.45. The van der Waals surface area contributed by atoms with Crippen LogP contribution in [0.4, 0.5) is 11.4 Å². The summed E-state index contributed by atoms with van der Waals surface area (Å²) in [5.74, 6) is -0.611. The molecule has 1 atom stereocenters. The number of amides is 3. The molecule has 1 N–H and O–H groups in total. The van der Waals surface area contributed by atoms with Gasteiger partial charge < -0.3 is 15.1 Å². The number of nitrogens with zero attached hydrogens (tertiary/aromatic N) is 2. The first-order valence-corrected chi connectivity index (χ1v) is 9.54. The van der Waals surface area contributed by atoms with Gasteiger partial charge in [-0.05, 0) is 62.1 Å². The molecule has 2 heterocycles.